The molecule has 1 N–H and O–H groups in total. The second-order valence-corrected chi connectivity index (χ2v) is 7.05. The van der Waals surface area contributed by atoms with E-state index in [1.165, 1.54) is 0 Å². The SMILES string of the molecule is CCO[C@@H](Cc1ccc(OC/C=C/C#Cc2cc(F)cc(F)c2)c(I)c1)C(=O)O. The normalized spacial score (nSPS) is 11.7. The molecule has 0 radical (unpaired) electrons. The molecule has 0 amide bonds. The van der Waals surface area contributed by atoms with Crippen LogP contribution in [0, 0.1) is 27.0 Å². The molecular formula is C22H19F2IO4. The monoisotopic (exact) mass is 512 g/mol. The molecule has 2 aromatic rings. The van der Waals surface area contributed by atoms with Crippen LogP contribution in [0.5, 0.6) is 5.75 Å². The first-order valence-corrected chi connectivity index (χ1v) is 9.85. The van der Waals surface area contributed by atoms with Crippen LogP contribution in [0.4, 0.5) is 8.78 Å². The first-order chi connectivity index (χ1) is 13.9. The van der Waals surface area contributed by atoms with Gasteiger partial charge in [-0.3, -0.25) is 0 Å². The lowest BCUT2D eigenvalue weighted by Gasteiger charge is -2.13. The largest absolute Gasteiger partial charge is 0.488 e. The Kier molecular flexibility index (Phi) is 9.09. The first-order valence-electron chi connectivity index (χ1n) is 8.77. The molecule has 29 heavy (non-hydrogen) atoms. The van der Waals surface area contributed by atoms with Crippen LogP contribution in [0.2, 0.25) is 0 Å². The Hall–Kier alpha value is -2.44. The van der Waals surface area contributed by atoms with Gasteiger partial charge in [0.05, 0.1) is 3.57 Å². The molecule has 0 saturated carbocycles. The Balaban J connectivity index is 1.90. The van der Waals surface area contributed by atoms with Crippen molar-refractivity contribution < 1.29 is 28.2 Å². The summed E-state index contributed by atoms with van der Waals surface area (Å²) in [5, 5.41) is 9.17. The molecule has 0 unspecified atom stereocenters. The summed E-state index contributed by atoms with van der Waals surface area (Å²) >= 11 is 2.12. The summed E-state index contributed by atoms with van der Waals surface area (Å²) in [6, 6.07) is 8.54. The highest BCUT2D eigenvalue weighted by molar-refractivity contribution is 14.1. The van der Waals surface area contributed by atoms with Crippen LogP contribution in [-0.4, -0.2) is 30.4 Å². The Morgan fingerprint density at radius 2 is 1.97 bits per heavy atom. The molecule has 0 aliphatic heterocycles. The van der Waals surface area contributed by atoms with Crippen molar-refractivity contribution in [2.75, 3.05) is 13.2 Å². The molecule has 0 heterocycles. The summed E-state index contributed by atoms with van der Waals surface area (Å²) in [4.78, 5) is 11.2. The minimum atomic E-state index is -0.991. The number of hydrogen-bond acceptors (Lipinski definition) is 3. The molecule has 0 bridgehead atoms. The third-order valence-electron chi connectivity index (χ3n) is 3.68. The van der Waals surface area contributed by atoms with Crippen LogP contribution < -0.4 is 4.74 Å². The predicted molar refractivity (Wildman–Crippen MR) is 114 cm³/mol. The van der Waals surface area contributed by atoms with Gasteiger partial charge >= 0.3 is 5.97 Å². The van der Waals surface area contributed by atoms with Crippen molar-refractivity contribution in [3.05, 3.63) is 74.9 Å². The van der Waals surface area contributed by atoms with E-state index in [1.807, 2.05) is 6.07 Å². The quantitative estimate of drug-likeness (QED) is 0.416. The van der Waals surface area contributed by atoms with Crippen molar-refractivity contribution in [3.8, 4) is 17.6 Å². The van der Waals surface area contributed by atoms with Gasteiger partial charge in [0, 0.05) is 24.7 Å². The minimum Gasteiger partial charge on any atom is -0.488 e. The average Bonchev–Trinajstić information content (AvgIpc) is 2.64. The van der Waals surface area contributed by atoms with E-state index in [0.29, 0.717) is 12.4 Å². The van der Waals surface area contributed by atoms with E-state index in [2.05, 4.69) is 34.4 Å². The second-order valence-electron chi connectivity index (χ2n) is 5.89. The van der Waals surface area contributed by atoms with Crippen molar-refractivity contribution in [1.82, 2.24) is 0 Å². The van der Waals surface area contributed by atoms with E-state index in [-0.39, 0.29) is 18.6 Å². The van der Waals surface area contributed by atoms with Crippen LogP contribution >= 0.6 is 22.6 Å². The van der Waals surface area contributed by atoms with Crippen LogP contribution in [-0.2, 0) is 16.0 Å². The third kappa shape index (κ3) is 7.83. The van der Waals surface area contributed by atoms with Gasteiger partial charge in [0.25, 0.3) is 0 Å². The molecule has 1 atom stereocenters. The van der Waals surface area contributed by atoms with Crippen molar-refractivity contribution >= 4 is 28.6 Å². The van der Waals surface area contributed by atoms with Crippen LogP contribution in [0.3, 0.4) is 0 Å². The molecule has 0 fully saturated rings. The number of benzene rings is 2. The van der Waals surface area contributed by atoms with E-state index in [0.717, 1.165) is 27.3 Å². The number of aliphatic carboxylic acids is 1. The highest BCUT2D eigenvalue weighted by Crippen LogP contribution is 2.23. The zero-order chi connectivity index (χ0) is 21.2. The standard InChI is InChI=1S/C22H19F2IO4/c1-2-28-21(22(26)27)13-16-7-8-20(19(25)12-16)29-9-5-3-4-6-15-10-17(23)14-18(24)11-15/h3,5,7-8,10-12,14,21H,2,9,13H2,1H3,(H,26,27)/b5-3+/t21-/m0/s1. The van der Waals surface area contributed by atoms with Crippen LogP contribution in [0.1, 0.15) is 18.1 Å². The molecule has 2 rings (SSSR count). The van der Waals surface area contributed by atoms with Crippen molar-refractivity contribution in [2.24, 2.45) is 0 Å². The summed E-state index contributed by atoms with van der Waals surface area (Å²) in [6.07, 6.45) is 2.62. The number of rotatable bonds is 8. The number of halogens is 3. The minimum absolute atomic E-state index is 0.255. The average molecular weight is 512 g/mol. The molecule has 152 valence electrons. The lowest BCUT2D eigenvalue weighted by atomic mass is 10.1. The summed E-state index contributed by atoms with van der Waals surface area (Å²) in [5.74, 6) is 3.66. The lowest BCUT2D eigenvalue weighted by molar-refractivity contribution is -0.149. The highest BCUT2D eigenvalue weighted by atomic mass is 127. The molecule has 4 nitrogen and oxygen atoms in total. The van der Waals surface area contributed by atoms with Gasteiger partial charge in [0.15, 0.2) is 6.10 Å². The van der Waals surface area contributed by atoms with Gasteiger partial charge in [0.2, 0.25) is 0 Å². The highest BCUT2D eigenvalue weighted by Gasteiger charge is 2.18. The van der Waals surface area contributed by atoms with Gasteiger partial charge in [-0.05, 0) is 71.5 Å². The van der Waals surface area contributed by atoms with Gasteiger partial charge in [-0.15, -0.1) is 0 Å². The van der Waals surface area contributed by atoms with E-state index in [9.17, 15) is 13.6 Å². The number of allylic oxidation sites excluding steroid dienone is 1. The van der Waals surface area contributed by atoms with Crippen molar-refractivity contribution in [2.45, 2.75) is 19.4 Å². The third-order valence-corrected chi connectivity index (χ3v) is 4.52. The molecule has 2 aromatic carbocycles. The van der Waals surface area contributed by atoms with Crippen LogP contribution in [0.25, 0.3) is 0 Å². The maximum Gasteiger partial charge on any atom is 0.333 e. The molecular weight excluding hydrogens is 493 g/mol. The molecule has 7 heteroatoms. The van der Waals surface area contributed by atoms with Gasteiger partial charge in [-0.2, -0.15) is 0 Å². The molecule has 0 aromatic heterocycles. The maximum absolute atomic E-state index is 13.1. The molecule has 0 aliphatic carbocycles. The Morgan fingerprint density at radius 1 is 1.24 bits per heavy atom. The first kappa shape index (κ1) is 22.8. The smallest absolute Gasteiger partial charge is 0.333 e. The van der Waals surface area contributed by atoms with Gasteiger partial charge in [-0.25, -0.2) is 13.6 Å². The Bertz CT molecular complexity index is 927. The predicted octanol–water partition coefficient (Wildman–Crippen LogP) is 4.59. The van der Waals surface area contributed by atoms with Gasteiger partial charge in [-0.1, -0.05) is 17.9 Å². The number of ether oxygens (including phenoxy) is 2. The summed E-state index contributed by atoms with van der Waals surface area (Å²) in [7, 11) is 0. The summed E-state index contributed by atoms with van der Waals surface area (Å²) in [5.41, 5.74) is 1.09. The fraction of sp³-hybridized carbons (Fsp3) is 0.227. The zero-order valence-electron chi connectivity index (χ0n) is 15.6. The fourth-order valence-corrected chi connectivity index (χ4v) is 3.15. The number of hydrogen-bond donors (Lipinski definition) is 1. The Morgan fingerprint density at radius 3 is 2.59 bits per heavy atom. The fourth-order valence-electron chi connectivity index (χ4n) is 2.42. The maximum atomic E-state index is 13.1. The van der Waals surface area contributed by atoms with Crippen LogP contribution in [0.15, 0.2) is 48.6 Å². The van der Waals surface area contributed by atoms with Gasteiger partial charge < -0.3 is 14.6 Å². The molecule has 0 spiro atoms. The van der Waals surface area contributed by atoms with E-state index >= 15 is 0 Å². The molecule has 0 saturated heterocycles. The van der Waals surface area contributed by atoms with E-state index in [4.69, 9.17) is 14.6 Å². The number of carboxylic acid groups (broad SMARTS) is 1. The van der Waals surface area contributed by atoms with Crippen molar-refractivity contribution in [3.63, 3.8) is 0 Å². The van der Waals surface area contributed by atoms with E-state index in [1.54, 1.807) is 31.2 Å². The number of carbonyl (C=O) groups is 1. The summed E-state index contributed by atoms with van der Waals surface area (Å²) < 4.78 is 37.9. The lowest BCUT2D eigenvalue weighted by Crippen LogP contribution is -2.26. The summed E-state index contributed by atoms with van der Waals surface area (Å²) in [6.45, 7) is 2.35. The second kappa shape index (κ2) is 11.5. The topological polar surface area (TPSA) is 55.8 Å². The zero-order valence-corrected chi connectivity index (χ0v) is 17.8. The Labute approximate surface area is 181 Å². The van der Waals surface area contributed by atoms with E-state index < -0.39 is 23.7 Å². The van der Waals surface area contributed by atoms with Gasteiger partial charge in [0.1, 0.15) is 24.0 Å². The molecule has 0 aliphatic rings. The van der Waals surface area contributed by atoms with Crippen molar-refractivity contribution in [1.29, 1.82) is 0 Å². The number of carboxylic acids is 1.